The SMILES string of the molecule is CCCCCCCCCCC(C(=O)O)C(=O)O.NCCCCCCN. The summed E-state index contributed by atoms with van der Waals surface area (Å²) in [5, 5.41) is 17.3. The van der Waals surface area contributed by atoms with Gasteiger partial charge in [0.1, 0.15) is 0 Å². The van der Waals surface area contributed by atoms with Crippen LogP contribution in [0.3, 0.4) is 0 Å². The van der Waals surface area contributed by atoms with Crippen molar-refractivity contribution >= 4 is 11.9 Å². The molecule has 0 saturated carbocycles. The van der Waals surface area contributed by atoms with Crippen LogP contribution in [0.25, 0.3) is 0 Å². The van der Waals surface area contributed by atoms with Crippen molar-refractivity contribution in [2.45, 2.75) is 90.4 Å². The molecule has 6 heteroatoms. The second-order valence-corrected chi connectivity index (χ2v) is 6.48. The Kier molecular flexibility index (Phi) is 21.8. The fourth-order valence-electron chi connectivity index (χ4n) is 2.48. The maximum Gasteiger partial charge on any atom is 0.317 e. The highest BCUT2D eigenvalue weighted by Gasteiger charge is 2.24. The van der Waals surface area contributed by atoms with Crippen molar-refractivity contribution in [2.75, 3.05) is 13.1 Å². The van der Waals surface area contributed by atoms with Crippen LogP contribution in [0.15, 0.2) is 0 Å². The fourth-order valence-corrected chi connectivity index (χ4v) is 2.48. The molecular weight excluding hydrogens is 320 g/mol. The number of hydrogen-bond acceptors (Lipinski definition) is 4. The average molecular weight is 361 g/mol. The van der Waals surface area contributed by atoms with E-state index in [1.54, 1.807) is 0 Å². The van der Waals surface area contributed by atoms with Crippen molar-refractivity contribution in [3.63, 3.8) is 0 Å². The third-order valence-electron chi connectivity index (χ3n) is 4.10. The van der Waals surface area contributed by atoms with Crippen molar-refractivity contribution in [3.8, 4) is 0 Å². The standard InChI is InChI=1S/C13H24O4.C6H16N2/c1-2-3-4-5-6-7-8-9-10-11(12(14)15)13(16)17;7-5-3-1-2-4-6-8/h11H,2-10H2,1H3,(H,14,15)(H,16,17);1-8H2. The summed E-state index contributed by atoms with van der Waals surface area (Å²) in [6, 6.07) is 0. The summed E-state index contributed by atoms with van der Waals surface area (Å²) < 4.78 is 0. The normalized spacial score (nSPS) is 10.4. The zero-order valence-electron chi connectivity index (χ0n) is 16.0. The predicted molar refractivity (Wildman–Crippen MR) is 103 cm³/mol. The molecule has 0 aromatic heterocycles. The van der Waals surface area contributed by atoms with Gasteiger partial charge in [0.2, 0.25) is 0 Å². The van der Waals surface area contributed by atoms with Crippen LogP contribution in [0.2, 0.25) is 0 Å². The first-order valence-corrected chi connectivity index (χ1v) is 9.86. The molecule has 0 aromatic carbocycles. The molecule has 0 atom stereocenters. The lowest BCUT2D eigenvalue weighted by Crippen LogP contribution is -2.23. The monoisotopic (exact) mass is 360 g/mol. The summed E-state index contributed by atoms with van der Waals surface area (Å²) >= 11 is 0. The molecule has 0 aliphatic heterocycles. The minimum atomic E-state index is -1.23. The molecule has 0 aromatic rings. The second kappa shape index (κ2) is 20.9. The van der Waals surface area contributed by atoms with Gasteiger partial charge in [-0.25, -0.2) is 0 Å². The van der Waals surface area contributed by atoms with Crippen LogP contribution in [0.5, 0.6) is 0 Å². The van der Waals surface area contributed by atoms with Gasteiger partial charge in [-0.2, -0.15) is 0 Å². The quantitative estimate of drug-likeness (QED) is 0.245. The number of unbranched alkanes of at least 4 members (excludes halogenated alkanes) is 10. The molecule has 0 fully saturated rings. The summed E-state index contributed by atoms with van der Waals surface area (Å²) in [6.07, 6.45) is 13.9. The Hall–Kier alpha value is -1.14. The first kappa shape index (κ1) is 26.1. The van der Waals surface area contributed by atoms with Gasteiger partial charge in [0, 0.05) is 0 Å². The van der Waals surface area contributed by atoms with Gasteiger partial charge in [-0.15, -0.1) is 0 Å². The summed E-state index contributed by atoms with van der Waals surface area (Å²) in [6.45, 7) is 3.83. The highest BCUT2D eigenvalue weighted by molar-refractivity contribution is 5.92. The maximum absolute atomic E-state index is 10.6. The Labute approximate surface area is 153 Å². The molecule has 0 heterocycles. The Morgan fingerprint density at radius 2 is 1.04 bits per heavy atom. The summed E-state index contributed by atoms with van der Waals surface area (Å²) in [7, 11) is 0. The van der Waals surface area contributed by atoms with Crippen molar-refractivity contribution in [3.05, 3.63) is 0 Å². The number of aliphatic carboxylic acids is 2. The van der Waals surface area contributed by atoms with Gasteiger partial charge in [-0.1, -0.05) is 71.1 Å². The Morgan fingerprint density at radius 1 is 0.680 bits per heavy atom. The highest BCUT2D eigenvalue weighted by atomic mass is 16.4. The lowest BCUT2D eigenvalue weighted by atomic mass is 10.0. The predicted octanol–water partition coefficient (Wildman–Crippen LogP) is 3.77. The van der Waals surface area contributed by atoms with Gasteiger partial charge in [0.05, 0.1) is 0 Å². The van der Waals surface area contributed by atoms with Gasteiger partial charge >= 0.3 is 11.9 Å². The summed E-state index contributed by atoms with van der Waals surface area (Å²) in [4.78, 5) is 21.2. The van der Waals surface area contributed by atoms with E-state index >= 15 is 0 Å². The Morgan fingerprint density at radius 3 is 1.40 bits per heavy atom. The number of carboxylic acids is 2. The lowest BCUT2D eigenvalue weighted by molar-refractivity contribution is -0.154. The van der Waals surface area contributed by atoms with E-state index < -0.39 is 17.9 Å². The third-order valence-corrected chi connectivity index (χ3v) is 4.10. The first-order chi connectivity index (χ1) is 12.0. The van der Waals surface area contributed by atoms with Crippen LogP contribution in [-0.2, 0) is 9.59 Å². The minimum absolute atomic E-state index is 0.250. The molecule has 150 valence electrons. The zero-order valence-corrected chi connectivity index (χ0v) is 16.0. The largest absolute Gasteiger partial charge is 0.481 e. The van der Waals surface area contributed by atoms with E-state index in [1.807, 2.05) is 0 Å². The zero-order chi connectivity index (χ0) is 19.3. The van der Waals surface area contributed by atoms with E-state index in [4.69, 9.17) is 21.7 Å². The van der Waals surface area contributed by atoms with Crippen LogP contribution in [0, 0.1) is 5.92 Å². The summed E-state index contributed by atoms with van der Waals surface area (Å²) in [5.41, 5.74) is 10.6. The second-order valence-electron chi connectivity index (χ2n) is 6.48. The van der Waals surface area contributed by atoms with E-state index in [9.17, 15) is 9.59 Å². The van der Waals surface area contributed by atoms with E-state index in [1.165, 1.54) is 44.9 Å². The van der Waals surface area contributed by atoms with Crippen LogP contribution >= 0.6 is 0 Å². The van der Waals surface area contributed by atoms with Crippen LogP contribution in [0.4, 0.5) is 0 Å². The van der Waals surface area contributed by atoms with Gasteiger partial charge in [-0.3, -0.25) is 9.59 Å². The molecule has 0 aliphatic rings. The van der Waals surface area contributed by atoms with E-state index in [0.717, 1.165) is 38.8 Å². The van der Waals surface area contributed by atoms with Crippen LogP contribution < -0.4 is 11.5 Å². The molecule has 25 heavy (non-hydrogen) atoms. The molecule has 0 rings (SSSR count). The van der Waals surface area contributed by atoms with Gasteiger partial charge in [0.15, 0.2) is 5.92 Å². The molecule has 0 unspecified atom stereocenters. The number of hydrogen-bond donors (Lipinski definition) is 4. The first-order valence-electron chi connectivity index (χ1n) is 9.86. The molecule has 0 spiro atoms. The lowest BCUT2D eigenvalue weighted by Gasteiger charge is -2.06. The van der Waals surface area contributed by atoms with Crippen LogP contribution in [-0.4, -0.2) is 35.2 Å². The van der Waals surface area contributed by atoms with E-state index in [-0.39, 0.29) is 6.42 Å². The number of carbonyl (C=O) groups is 2. The third kappa shape index (κ3) is 20.8. The molecule has 6 nitrogen and oxygen atoms in total. The van der Waals surface area contributed by atoms with Crippen molar-refractivity contribution in [2.24, 2.45) is 17.4 Å². The molecule has 0 bridgehead atoms. The van der Waals surface area contributed by atoms with Crippen molar-refractivity contribution in [1.29, 1.82) is 0 Å². The van der Waals surface area contributed by atoms with Crippen molar-refractivity contribution < 1.29 is 19.8 Å². The van der Waals surface area contributed by atoms with Gasteiger partial charge in [-0.05, 0) is 32.4 Å². The smallest absolute Gasteiger partial charge is 0.317 e. The maximum atomic E-state index is 10.6. The van der Waals surface area contributed by atoms with Gasteiger partial charge < -0.3 is 21.7 Å². The van der Waals surface area contributed by atoms with Gasteiger partial charge in [0.25, 0.3) is 0 Å². The highest BCUT2D eigenvalue weighted by Crippen LogP contribution is 2.13. The average Bonchev–Trinajstić information content (AvgIpc) is 2.57. The molecule has 0 amide bonds. The summed E-state index contributed by atoms with van der Waals surface area (Å²) in [5.74, 6) is -3.67. The number of rotatable bonds is 16. The molecule has 0 aliphatic carbocycles. The van der Waals surface area contributed by atoms with Crippen molar-refractivity contribution in [1.82, 2.24) is 0 Å². The molecule has 6 N–H and O–H groups in total. The molecule has 0 radical (unpaired) electrons. The minimum Gasteiger partial charge on any atom is -0.481 e. The van der Waals surface area contributed by atoms with Crippen LogP contribution in [0.1, 0.15) is 90.4 Å². The van der Waals surface area contributed by atoms with E-state index in [2.05, 4.69) is 6.92 Å². The topological polar surface area (TPSA) is 127 Å². The number of carboxylic acid groups (broad SMARTS) is 2. The fraction of sp³-hybridized carbons (Fsp3) is 0.895. The molecular formula is C19H40N2O4. The molecule has 0 saturated heterocycles. The van der Waals surface area contributed by atoms with E-state index in [0.29, 0.717) is 6.42 Å². The Bertz CT molecular complexity index is 292. The Balaban J connectivity index is 0. The number of nitrogens with two attached hydrogens (primary N) is 2.